The van der Waals surface area contributed by atoms with Gasteiger partial charge in [0.1, 0.15) is 23.9 Å². The molecule has 0 saturated carbocycles. The first kappa shape index (κ1) is 22.2. The number of likely N-dealkylation sites (N-methyl/N-ethyl adjacent to an activating group) is 1. The molecule has 1 aliphatic rings. The molecule has 0 aliphatic carbocycles. The van der Waals surface area contributed by atoms with Crippen LogP contribution < -0.4 is 40.2 Å². The molecule has 1 saturated heterocycles. The van der Waals surface area contributed by atoms with Crippen molar-refractivity contribution < 1.29 is 54.9 Å². The maximum absolute atomic E-state index is 12.6. The summed E-state index contributed by atoms with van der Waals surface area (Å²) in [4.78, 5) is 37.6. The average Bonchev–Trinajstić information content (AvgIpc) is 3.07. The van der Waals surface area contributed by atoms with Crippen LogP contribution in [0.3, 0.4) is 0 Å². The van der Waals surface area contributed by atoms with Gasteiger partial charge in [-0.1, -0.05) is 30.3 Å². The number of hydrogen-bond acceptors (Lipinski definition) is 5. The number of nitrogens with zero attached hydrogens (tertiary/aromatic N) is 1. The van der Waals surface area contributed by atoms with Crippen LogP contribution in [0.2, 0.25) is 0 Å². The summed E-state index contributed by atoms with van der Waals surface area (Å²) >= 11 is 0. The first-order valence-corrected chi connectivity index (χ1v) is 8.56. The Kier molecular flexibility index (Phi) is 7.82. The number of carboxylic acid groups (broad SMARTS) is 1. The van der Waals surface area contributed by atoms with Crippen molar-refractivity contribution in [2.24, 2.45) is 0 Å². The van der Waals surface area contributed by atoms with E-state index in [4.69, 9.17) is 9.52 Å². The minimum absolute atomic E-state index is 0. The second-order valence-corrected chi connectivity index (χ2v) is 6.44. The van der Waals surface area contributed by atoms with E-state index in [0.717, 1.165) is 5.56 Å². The normalized spacial score (nSPS) is 21.1. The van der Waals surface area contributed by atoms with Crippen LogP contribution in [0.1, 0.15) is 12.8 Å². The van der Waals surface area contributed by atoms with Crippen LogP contribution in [-0.4, -0.2) is 53.0 Å². The van der Waals surface area contributed by atoms with Gasteiger partial charge in [0.25, 0.3) is 0 Å². The van der Waals surface area contributed by atoms with Gasteiger partial charge in [-0.2, -0.15) is 0 Å². The molecular formula is C19H22N3NaO5. The van der Waals surface area contributed by atoms with Gasteiger partial charge in [0.05, 0.1) is 12.8 Å². The number of carboxylic acids is 1. The summed E-state index contributed by atoms with van der Waals surface area (Å²) in [5.74, 6) is -1.29. The molecule has 2 amide bonds. The fourth-order valence-corrected chi connectivity index (χ4v) is 3.00. The van der Waals surface area contributed by atoms with Gasteiger partial charge in [-0.25, -0.2) is 0 Å². The van der Waals surface area contributed by atoms with Crippen LogP contribution in [0, 0.1) is 0 Å². The summed E-state index contributed by atoms with van der Waals surface area (Å²) in [5, 5.41) is 14.5. The minimum atomic E-state index is -1.06. The van der Waals surface area contributed by atoms with Crippen molar-refractivity contribution >= 4 is 17.8 Å². The molecule has 1 unspecified atom stereocenters. The Hall–Kier alpha value is -2.13. The predicted octanol–water partition coefficient (Wildman–Crippen LogP) is -2.49. The van der Waals surface area contributed by atoms with Crippen LogP contribution >= 0.6 is 0 Å². The quantitative estimate of drug-likeness (QED) is 0.337. The summed E-state index contributed by atoms with van der Waals surface area (Å²) in [6.07, 6.45) is 1.81. The number of aliphatic carboxylic acids is 1. The smallest absolute Gasteiger partial charge is 1.00 e. The van der Waals surface area contributed by atoms with Crippen LogP contribution in [-0.2, 0) is 27.3 Å². The second-order valence-electron chi connectivity index (χ2n) is 6.44. The molecule has 4 atom stereocenters. The van der Waals surface area contributed by atoms with Gasteiger partial charge in [0, 0.05) is 6.42 Å². The molecule has 2 aromatic rings. The number of furan rings is 1. The van der Waals surface area contributed by atoms with Crippen molar-refractivity contribution in [3.63, 3.8) is 0 Å². The summed E-state index contributed by atoms with van der Waals surface area (Å²) in [5.41, 5.74) is 0.884. The standard InChI is InChI=1S/C19H21N3O5.Na.H/c1-22-15(16(22)19(25)26)18(24)21-14(10-12-6-3-2-4-7-12)17(23)20-11-13-8-5-9-27-13;;/h2-9,14-16H,10-11H2,1H3,(H,20,23)(H,21,24)(H,25,26);;/q;+1;-1/t14-,15-,16-,22?;;/m0../s1. The molecule has 1 aliphatic heterocycles. The van der Waals surface area contributed by atoms with Crippen molar-refractivity contribution in [2.75, 3.05) is 7.05 Å². The van der Waals surface area contributed by atoms with Gasteiger partial charge in [-0.15, -0.1) is 0 Å². The van der Waals surface area contributed by atoms with Crippen molar-refractivity contribution in [3.05, 3.63) is 60.1 Å². The van der Waals surface area contributed by atoms with E-state index in [1.807, 2.05) is 30.3 Å². The average molecular weight is 395 g/mol. The number of amides is 2. The van der Waals surface area contributed by atoms with Crippen molar-refractivity contribution in [1.29, 1.82) is 0 Å². The third-order valence-electron chi connectivity index (χ3n) is 4.54. The molecular weight excluding hydrogens is 373 g/mol. The topological polar surface area (TPSA) is 112 Å². The number of nitrogens with one attached hydrogen (secondary N) is 2. The first-order valence-electron chi connectivity index (χ1n) is 8.56. The van der Waals surface area contributed by atoms with Crippen molar-refractivity contribution in [2.45, 2.75) is 31.1 Å². The second kappa shape index (κ2) is 9.88. The molecule has 2 heterocycles. The summed E-state index contributed by atoms with van der Waals surface area (Å²) < 4.78 is 5.19. The molecule has 0 radical (unpaired) electrons. The largest absolute Gasteiger partial charge is 1.00 e. The third kappa shape index (κ3) is 5.45. The van der Waals surface area contributed by atoms with Gasteiger partial charge in [0.2, 0.25) is 11.8 Å². The number of benzene rings is 1. The summed E-state index contributed by atoms with van der Waals surface area (Å²) in [7, 11) is 1.56. The third-order valence-corrected chi connectivity index (χ3v) is 4.54. The maximum Gasteiger partial charge on any atom is 1.00 e. The predicted molar refractivity (Wildman–Crippen MR) is 96.7 cm³/mol. The number of carbonyl (C=O) groups is 3. The molecule has 144 valence electrons. The Bertz CT molecular complexity index is 819. The fraction of sp³-hybridized carbons (Fsp3) is 0.316. The maximum atomic E-state index is 12.6. The van der Waals surface area contributed by atoms with Crippen LogP contribution in [0.15, 0.2) is 53.1 Å². The van der Waals surface area contributed by atoms with E-state index in [1.165, 1.54) is 11.2 Å². The van der Waals surface area contributed by atoms with Gasteiger partial charge in [0.15, 0.2) is 0 Å². The van der Waals surface area contributed by atoms with Gasteiger partial charge in [-0.3, -0.25) is 19.3 Å². The van der Waals surface area contributed by atoms with E-state index in [1.54, 1.807) is 19.2 Å². The Morgan fingerprint density at radius 2 is 1.89 bits per heavy atom. The Balaban J connectivity index is 0.00000210. The molecule has 3 rings (SSSR count). The zero-order valence-corrected chi connectivity index (χ0v) is 17.8. The van der Waals surface area contributed by atoms with E-state index in [0.29, 0.717) is 12.2 Å². The molecule has 0 bridgehead atoms. The Morgan fingerprint density at radius 1 is 1.18 bits per heavy atom. The van der Waals surface area contributed by atoms with Gasteiger partial charge < -0.3 is 21.6 Å². The van der Waals surface area contributed by atoms with E-state index in [2.05, 4.69) is 10.6 Å². The zero-order chi connectivity index (χ0) is 19.4. The summed E-state index contributed by atoms with van der Waals surface area (Å²) in [6.45, 7) is 0.202. The van der Waals surface area contributed by atoms with E-state index >= 15 is 0 Å². The molecule has 0 spiro atoms. The van der Waals surface area contributed by atoms with E-state index < -0.39 is 30.0 Å². The number of carbonyl (C=O) groups excluding carboxylic acids is 2. The Morgan fingerprint density at radius 3 is 2.46 bits per heavy atom. The molecule has 9 heteroatoms. The monoisotopic (exact) mass is 395 g/mol. The minimum Gasteiger partial charge on any atom is -1.00 e. The van der Waals surface area contributed by atoms with Crippen LogP contribution in [0.25, 0.3) is 0 Å². The van der Waals surface area contributed by atoms with Crippen molar-refractivity contribution in [3.8, 4) is 0 Å². The molecule has 1 aromatic heterocycles. The number of rotatable bonds is 8. The Labute approximate surface area is 186 Å². The van der Waals surface area contributed by atoms with Crippen LogP contribution in [0.4, 0.5) is 0 Å². The van der Waals surface area contributed by atoms with Gasteiger partial charge in [-0.05, 0) is 24.7 Å². The first-order chi connectivity index (χ1) is 13.0. The molecule has 1 fully saturated rings. The van der Waals surface area contributed by atoms with E-state index in [-0.39, 0.29) is 43.4 Å². The molecule has 28 heavy (non-hydrogen) atoms. The van der Waals surface area contributed by atoms with E-state index in [9.17, 15) is 14.4 Å². The number of hydrogen-bond donors (Lipinski definition) is 3. The molecule has 8 nitrogen and oxygen atoms in total. The fourth-order valence-electron chi connectivity index (χ4n) is 3.00. The van der Waals surface area contributed by atoms with Crippen molar-refractivity contribution in [1.82, 2.24) is 15.5 Å². The van der Waals surface area contributed by atoms with Gasteiger partial charge >= 0.3 is 35.5 Å². The summed E-state index contributed by atoms with van der Waals surface area (Å²) in [6, 6.07) is 10.3. The SMILES string of the molecule is CN1[C@H](C(=O)O)[C@H]1C(=O)N[C@@H](Cc1ccccc1)C(=O)NCc1ccco1.[H-].[Na+]. The molecule has 1 aromatic carbocycles. The van der Waals surface area contributed by atoms with Crippen LogP contribution in [0.5, 0.6) is 0 Å². The molecule has 3 N–H and O–H groups in total. The zero-order valence-electron chi connectivity index (χ0n) is 16.8.